The van der Waals surface area contributed by atoms with Crippen LogP contribution < -0.4 is 5.32 Å². The molecule has 1 fully saturated rings. The molecular formula is C15H15ClF3N5O. The third kappa shape index (κ3) is 3.34. The molecule has 134 valence electrons. The lowest BCUT2D eigenvalue weighted by molar-refractivity contribution is -0.143. The summed E-state index contributed by atoms with van der Waals surface area (Å²) in [5.74, 6) is -0.917. The van der Waals surface area contributed by atoms with Crippen molar-refractivity contribution in [3.63, 3.8) is 0 Å². The van der Waals surface area contributed by atoms with Crippen LogP contribution in [0.15, 0.2) is 24.5 Å². The summed E-state index contributed by atoms with van der Waals surface area (Å²) in [6.07, 6.45) is -1.89. The fourth-order valence-electron chi connectivity index (χ4n) is 2.80. The lowest BCUT2D eigenvalue weighted by atomic mass is 10.1. The number of halogens is 4. The van der Waals surface area contributed by atoms with Crippen LogP contribution in [0.25, 0.3) is 5.82 Å². The molecule has 1 N–H and O–H groups in total. The molecule has 3 rings (SSSR count). The van der Waals surface area contributed by atoms with Crippen molar-refractivity contribution in [2.24, 2.45) is 0 Å². The number of carbonyl (C=O) groups excluding carboxylic acids is 1. The summed E-state index contributed by atoms with van der Waals surface area (Å²) >= 11 is 5.94. The van der Waals surface area contributed by atoms with Crippen molar-refractivity contribution < 1.29 is 18.0 Å². The molecule has 2 aromatic rings. The van der Waals surface area contributed by atoms with E-state index < -0.39 is 23.3 Å². The second kappa shape index (κ2) is 6.64. The third-order valence-corrected chi connectivity index (χ3v) is 4.41. The predicted molar refractivity (Wildman–Crippen MR) is 84.7 cm³/mol. The fraction of sp³-hybridized carbons (Fsp3) is 0.400. The number of rotatable bonds is 3. The van der Waals surface area contributed by atoms with E-state index in [0.29, 0.717) is 17.6 Å². The summed E-state index contributed by atoms with van der Waals surface area (Å²) < 4.78 is 41.5. The van der Waals surface area contributed by atoms with Crippen molar-refractivity contribution in [1.29, 1.82) is 0 Å². The number of likely N-dealkylation sites (N-methyl/N-ethyl adjacent to an activating group) is 1. The second-order valence-corrected chi connectivity index (χ2v) is 6.10. The maximum Gasteiger partial charge on any atom is 0.434 e. The molecule has 10 heteroatoms. The molecule has 0 spiro atoms. The van der Waals surface area contributed by atoms with Gasteiger partial charge in [-0.1, -0.05) is 11.6 Å². The Morgan fingerprint density at radius 1 is 1.48 bits per heavy atom. The van der Waals surface area contributed by atoms with E-state index in [1.165, 1.54) is 30.3 Å². The molecule has 3 heterocycles. The molecule has 1 unspecified atom stereocenters. The average Bonchev–Trinajstić information content (AvgIpc) is 3.23. The van der Waals surface area contributed by atoms with Crippen LogP contribution in [-0.2, 0) is 6.18 Å². The zero-order valence-electron chi connectivity index (χ0n) is 13.2. The maximum atomic E-state index is 13.6. The minimum absolute atomic E-state index is 0.00319. The minimum atomic E-state index is -4.79. The van der Waals surface area contributed by atoms with Gasteiger partial charge in [0.1, 0.15) is 0 Å². The summed E-state index contributed by atoms with van der Waals surface area (Å²) in [5.41, 5.74) is -1.71. The van der Waals surface area contributed by atoms with Crippen molar-refractivity contribution in [2.45, 2.75) is 18.6 Å². The third-order valence-electron chi connectivity index (χ3n) is 4.11. The first-order chi connectivity index (χ1) is 11.8. The highest BCUT2D eigenvalue weighted by Crippen LogP contribution is 2.35. The number of alkyl halides is 3. The van der Waals surface area contributed by atoms with Crippen LogP contribution in [0, 0.1) is 0 Å². The molecule has 0 bridgehead atoms. The van der Waals surface area contributed by atoms with Crippen molar-refractivity contribution in [1.82, 2.24) is 25.0 Å². The van der Waals surface area contributed by atoms with E-state index >= 15 is 0 Å². The van der Waals surface area contributed by atoms with Gasteiger partial charge in [0, 0.05) is 25.8 Å². The van der Waals surface area contributed by atoms with E-state index in [2.05, 4.69) is 15.4 Å². The minimum Gasteiger partial charge on any atom is -0.337 e. The molecule has 0 radical (unpaired) electrons. The van der Waals surface area contributed by atoms with Crippen molar-refractivity contribution in [3.05, 3.63) is 40.8 Å². The topological polar surface area (TPSA) is 63.1 Å². The van der Waals surface area contributed by atoms with Crippen LogP contribution in [-0.4, -0.2) is 51.8 Å². The molecule has 2 aromatic heterocycles. The van der Waals surface area contributed by atoms with E-state index in [4.69, 9.17) is 11.6 Å². The van der Waals surface area contributed by atoms with Gasteiger partial charge in [-0.15, -0.1) is 0 Å². The number of hydrogen-bond acceptors (Lipinski definition) is 4. The lowest BCUT2D eigenvalue weighted by Crippen LogP contribution is -2.39. The Kier molecular flexibility index (Phi) is 4.70. The lowest BCUT2D eigenvalue weighted by Gasteiger charge is -2.24. The van der Waals surface area contributed by atoms with Crippen LogP contribution >= 0.6 is 11.6 Å². The number of amides is 1. The maximum absolute atomic E-state index is 13.6. The van der Waals surface area contributed by atoms with E-state index in [-0.39, 0.29) is 16.9 Å². The summed E-state index contributed by atoms with van der Waals surface area (Å²) in [6, 6.07) is 2.74. The zero-order chi connectivity index (χ0) is 18.2. The smallest absolute Gasteiger partial charge is 0.337 e. The molecule has 25 heavy (non-hydrogen) atoms. The monoisotopic (exact) mass is 373 g/mol. The Morgan fingerprint density at radius 2 is 2.24 bits per heavy atom. The van der Waals surface area contributed by atoms with Gasteiger partial charge in [-0.2, -0.15) is 18.3 Å². The first kappa shape index (κ1) is 17.7. The largest absolute Gasteiger partial charge is 0.434 e. The van der Waals surface area contributed by atoms with Gasteiger partial charge in [-0.25, -0.2) is 9.67 Å². The summed E-state index contributed by atoms with van der Waals surface area (Å²) in [4.78, 5) is 17.8. The van der Waals surface area contributed by atoms with Crippen molar-refractivity contribution in [2.75, 3.05) is 20.1 Å². The Bertz CT molecular complexity index is 786. The quantitative estimate of drug-likeness (QED) is 0.897. The number of pyridine rings is 1. The summed E-state index contributed by atoms with van der Waals surface area (Å²) in [7, 11) is 1.49. The molecule has 1 amide bonds. The van der Waals surface area contributed by atoms with Gasteiger partial charge in [0.15, 0.2) is 11.5 Å². The molecule has 1 aliphatic heterocycles. The number of aromatic nitrogens is 3. The van der Waals surface area contributed by atoms with Crippen LogP contribution in [0.3, 0.4) is 0 Å². The molecule has 0 saturated carbocycles. The van der Waals surface area contributed by atoms with Gasteiger partial charge in [0.2, 0.25) is 0 Å². The Hall–Kier alpha value is -2.13. The van der Waals surface area contributed by atoms with Crippen LogP contribution in [0.2, 0.25) is 5.02 Å². The van der Waals surface area contributed by atoms with Gasteiger partial charge in [-0.3, -0.25) is 4.79 Å². The molecule has 1 atom stereocenters. The Balaban J connectivity index is 2.06. The van der Waals surface area contributed by atoms with E-state index in [1.807, 2.05) is 0 Å². The molecular weight excluding hydrogens is 359 g/mol. The van der Waals surface area contributed by atoms with Crippen LogP contribution in [0.1, 0.15) is 22.5 Å². The van der Waals surface area contributed by atoms with Gasteiger partial charge in [0.25, 0.3) is 5.91 Å². The number of hydrogen-bond donors (Lipinski definition) is 1. The summed E-state index contributed by atoms with van der Waals surface area (Å²) in [5, 5.41) is 6.81. The molecule has 0 aliphatic carbocycles. The molecule has 6 nitrogen and oxygen atoms in total. The highest BCUT2D eigenvalue weighted by Gasteiger charge is 2.42. The van der Waals surface area contributed by atoms with Gasteiger partial charge < -0.3 is 10.2 Å². The first-order valence-electron chi connectivity index (χ1n) is 7.54. The van der Waals surface area contributed by atoms with Gasteiger partial charge in [-0.05, 0) is 25.1 Å². The first-order valence-corrected chi connectivity index (χ1v) is 7.92. The molecule has 1 saturated heterocycles. The average molecular weight is 374 g/mol. The number of nitrogens with zero attached hydrogens (tertiary/aromatic N) is 4. The Labute approximate surface area is 146 Å². The standard InChI is InChI=1S/C15H15ClF3N5O/c1-23(9-4-6-20-7-9)14(25)10-8-22-24(12(10)15(17,18)19)13-11(16)3-2-5-21-13/h2-3,5,8-9,20H,4,6-7H2,1H3. The van der Waals surface area contributed by atoms with Crippen molar-refractivity contribution in [3.8, 4) is 5.82 Å². The van der Waals surface area contributed by atoms with Crippen LogP contribution in [0.5, 0.6) is 0 Å². The Morgan fingerprint density at radius 3 is 2.84 bits per heavy atom. The highest BCUT2D eigenvalue weighted by molar-refractivity contribution is 6.32. The van der Waals surface area contributed by atoms with Gasteiger partial charge >= 0.3 is 6.18 Å². The van der Waals surface area contributed by atoms with Gasteiger partial charge in [0.05, 0.1) is 16.8 Å². The summed E-state index contributed by atoms with van der Waals surface area (Å²) in [6.45, 7) is 1.26. The fourth-order valence-corrected chi connectivity index (χ4v) is 3.00. The van der Waals surface area contributed by atoms with E-state index in [1.54, 1.807) is 0 Å². The van der Waals surface area contributed by atoms with E-state index in [0.717, 1.165) is 12.7 Å². The predicted octanol–water partition coefficient (Wildman–Crippen LogP) is 2.37. The van der Waals surface area contributed by atoms with E-state index in [9.17, 15) is 18.0 Å². The number of carbonyl (C=O) groups is 1. The van der Waals surface area contributed by atoms with Crippen LogP contribution in [0.4, 0.5) is 13.2 Å². The highest BCUT2D eigenvalue weighted by atomic mass is 35.5. The van der Waals surface area contributed by atoms with Crippen molar-refractivity contribution >= 4 is 17.5 Å². The molecule has 1 aliphatic rings. The second-order valence-electron chi connectivity index (χ2n) is 5.69. The SMILES string of the molecule is CN(C(=O)c1cnn(-c2ncccc2Cl)c1C(F)(F)F)C1CCNC1. The normalized spacial score (nSPS) is 17.7. The zero-order valence-corrected chi connectivity index (χ0v) is 14.0. The molecule has 0 aromatic carbocycles. The number of nitrogens with one attached hydrogen (secondary N) is 1.